The number of hydrogen-bond donors (Lipinski definition) is 1. The lowest BCUT2D eigenvalue weighted by atomic mass is 10.2. The molecule has 5 nitrogen and oxygen atoms in total. The van der Waals surface area contributed by atoms with Crippen LogP contribution in [0.3, 0.4) is 0 Å². The molecule has 0 aliphatic rings. The number of hydrogen-bond acceptors (Lipinski definition) is 4. The lowest BCUT2D eigenvalue weighted by molar-refractivity contribution is 0.149. The summed E-state index contributed by atoms with van der Waals surface area (Å²) in [5, 5.41) is 3.25. The van der Waals surface area contributed by atoms with Crippen molar-refractivity contribution in [2.75, 3.05) is 27.3 Å². The molecule has 0 radical (unpaired) electrons. The molecule has 0 heterocycles. The Hall–Kier alpha value is -0.950. The predicted octanol–water partition coefficient (Wildman–Crippen LogP) is 1.84. The lowest BCUT2D eigenvalue weighted by Gasteiger charge is -2.25. The van der Waals surface area contributed by atoms with Crippen LogP contribution in [0.25, 0.3) is 0 Å². The first kappa shape index (κ1) is 18.1. The third kappa shape index (κ3) is 4.78. The molecule has 0 saturated heterocycles. The maximum Gasteiger partial charge on any atom is 0.243 e. The van der Waals surface area contributed by atoms with Crippen molar-refractivity contribution in [1.29, 1.82) is 0 Å². The van der Waals surface area contributed by atoms with E-state index >= 15 is 0 Å². The summed E-state index contributed by atoms with van der Waals surface area (Å²) in [7, 11) is -0.353. The van der Waals surface area contributed by atoms with E-state index in [-0.39, 0.29) is 6.04 Å². The van der Waals surface area contributed by atoms with Crippen LogP contribution in [0.4, 0.5) is 0 Å². The second-order valence-electron chi connectivity index (χ2n) is 5.11. The largest absolute Gasteiger partial charge is 0.383 e. The van der Waals surface area contributed by atoms with Gasteiger partial charge < -0.3 is 10.1 Å². The van der Waals surface area contributed by atoms with E-state index in [0.29, 0.717) is 18.0 Å². The summed E-state index contributed by atoms with van der Waals surface area (Å²) in [6, 6.07) is 6.92. The Morgan fingerprint density at radius 2 is 2.00 bits per heavy atom. The highest BCUT2D eigenvalue weighted by molar-refractivity contribution is 7.89. The van der Waals surface area contributed by atoms with Crippen molar-refractivity contribution in [1.82, 2.24) is 9.62 Å². The van der Waals surface area contributed by atoms with Gasteiger partial charge in [-0.05, 0) is 31.5 Å². The zero-order valence-electron chi connectivity index (χ0n) is 13.3. The van der Waals surface area contributed by atoms with E-state index < -0.39 is 10.0 Å². The summed E-state index contributed by atoms with van der Waals surface area (Å²) in [5.41, 5.74) is 0.794. The van der Waals surface area contributed by atoms with Gasteiger partial charge in [0.1, 0.15) is 0 Å². The lowest BCUT2D eigenvalue weighted by Crippen LogP contribution is -2.38. The van der Waals surface area contributed by atoms with Crippen LogP contribution in [0.1, 0.15) is 25.8 Å². The quantitative estimate of drug-likeness (QED) is 0.707. The highest BCUT2D eigenvalue weighted by Crippen LogP contribution is 2.21. The van der Waals surface area contributed by atoms with Crippen LogP contribution in [0.5, 0.6) is 0 Å². The highest BCUT2D eigenvalue weighted by Gasteiger charge is 2.27. The second kappa shape index (κ2) is 8.48. The van der Waals surface area contributed by atoms with E-state index in [2.05, 4.69) is 12.2 Å². The van der Waals surface area contributed by atoms with Gasteiger partial charge in [-0.1, -0.05) is 25.1 Å². The molecule has 6 heteroatoms. The molecule has 0 spiro atoms. The number of ether oxygens (including phenoxy) is 1. The maximum atomic E-state index is 12.7. The summed E-state index contributed by atoms with van der Waals surface area (Å²) >= 11 is 0. The molecule has 0 aromatic heterocycles. The van der Waals surface area contributed by atoms with E-state index in [1.807, 2.05) is 19.1 Å². The van der Waals surface area contributed by atoms with Crippen molar-refractivity contribution in [2.45, 2.75) is 37.8 Å². The van der Waals surface area contributed by atoms with E-state index in [4.69, 9.17) is 4.74 Å². The average Bonchev–Trinajstić information content (AvgIpc) is 2.47. The molecule has 1 rings (SSSR count). The molecule has 1 atom stereocenters. The molecule has 1 unspecified atom stereocenters. The van der Waals surface area contributed by atoms with Crippen LogP contribution < -0.4 is 5.32 Å². The summed E-state index contributed by atoms with van der Waals surface area (Å²) in [6.45, 7) is 5.70. The van der Waals surface area contributed by atoms with Crippen LogP contribution in [0.2, 0.25) is 0 Å². The molecule has 1 N–H and O–H groups in total. The molecule has 120 valence electrons. The van der Waals surface area contributed by atoms with Crippen molar-refractivity contribution >= 4 is 10.0 Å². The van der Waals surface area contributed by atoms with Gasteiger partial charge in [0.25, 0.3) is 0 Å². The number of rotatable bonds is 9. The normalized spacial score (nSPS) is 13.6. The molecule has 0 aliphatic carbocycles. The summed E-state index contributed by atoms with van der Waals surface area (Å²) in [5.74, 6) is 0. The smallest absolute Gasteiger partial charge is 0.243 e. The number of methoxy groups -OCH3 is 1. The van der Waals surface area contributed by atoms with Gasteiger partial charge >= 0.3 is 0 Å². The molecular weight excluding hydrogens is 288 g/mol. The van der Waals surface area contributed by atoms with Gasteiger partial charge in [0.2, 0.25) is 10.0 Å². The summed E-state index contributed by atoms with van der Waals surface area (Å²) in [4.78, 5) is 0.360. The van der Waals surface area contributed by atoms with Crippen molar-refractivity contribution in [3.05, 3.63) is 29.8 Å². The van der Waals surface area contributed by atoms with Crippen LogP contribution >= 0.6 is 0 Å². The Bertz CT molecular complexity index is 531. The van der Waals surface area contributed by atoms with Crippen molar-refractivity contribution in [3.63, 3.8) is 0 Å². The van der Waals surface area contributed by atoms with Gasteiger partial charge in [0, 0.05) is 26.7 Å². The molecule has 0 bridgehead atoms. The fraction of sp³-hybridized carbons (Fsp3) is 0.600. The SMILES string of the molecule is CCCNCc1ccccc1S(=O)(=O)N(C)C(C)COC. The van der Waals surface area contributed by atoms with Gasteiger partial charge in [-0.25, -0.2) is 8.42 Å². The Balaban J connectivity index is 3.02. The molecule has 0 saturated carbocycles. The van der Waals surface area contributed by atoms with Gasteiger partial charge in [-0.3, -0.25) is 0 Å². The van der Waals surface area contributed by atoms with Gasteiger partial charge in [-0.15, -0.1) is 0 Å². The molecule has 1 aromatic carbocycles. The fourth-order valence-electron chi connectivity index (χ4n) is 2.04. The van der Waals surface area contributed by atoms with Crippen LogP contribution in [0.15, 0.2) is 29.2 Å². The van der Waals surface area contributed by atoms with Gasteiger partial charge in [0.05, 0.1) is 11.5 Å². The number of likely N-dealkylation sites (N-methyl/N-ethyl adjacent to an activating group) is 1. The number of nitrogens with zero attached hydrogens (tertiary/aromatic N) is 1. The topological polar surface area (TPSA) is 58.6 Å². The van der Waals surface area contributed by atoms with E-state index in [1.165, 1.54) is 4.31 Å². The minimum Gasteiger partial charge on any atom is -0.383 e. The Morgan fingerprint density at radius 1 is 1.33 bits per heavy atom. The number of nitrogens with one attached hydrogen (secondary N) is 1. The second-order valence-corrected chi connectivity index (χ2v) is 7.08. The summed E-state index contributed by atoms with van der Waals surface area (Å²) in [6.07, 6.45) is 1.01. The van der Waals surface area contributed by atoms with E-state index in [0.717, 1.165) is 18.5 Å². The Morgan fingerprint density at radius 3 is 2.62 bits per heavy atom. The molecule has 0 fully saturated rings. The molecule has 21 heavy (non-hydrogen) atoms. The Labute approximate surface area is 128 Å². The molecular formula is C15H26N2O3S. The summed E-state index contributed by atoms with van der Waals surface area (Å²) < 4.78 is 31.9. The van der Waals surface area contributed by atoms with Crippen molar-refractivity contribution < 1.29 is 13.2 Å². The maximum absolute atomic E-state index is 12.7. The fourth-order valence-corrected chi connectivity index (χ4v) is 3.61. The number of sulfonamides is 1. The van der Waals surface area contributed by atoms with Crippen molar-refractivity contribution in [2.24, 2.45) is 0 Å². The minimum absolute atomic E-state index is 0.211. The molecule has 0 aliphatic heterocycles. The van der Waals surface area contributed by atoms with Crippen LogP contribution in [-0.4, -0.2) is 46.1 Å². The predicted molar refractivity (Wildman–Crippen MR) is 84.7 cm³/mol. The zero-order chi connectivity index (χ0) is 15.9. The van der Waals surface area contributed by atoms with Crippen LogP contribution in [-0.2, 0) is 21.3 Å². The van der Waals surface area contributed by atoms with Gasteiger partial charge in [-0.2, -0.15) is 4.31 Å². The first-order valence-corrected chi connectivity index (χ1v) is 8.64. The zero-order valence-corrected chi connectivity index (χ0v) is 14.1. The minimum atomic E-state index is -3.51. The first-order valence-electron chi connectivity index (χ1n) is 7.20. The monoisotopic (exact) mass is 314 g/mol. The van der Waals surface area contributed by atoms with Crippen molar-refractivity contribution in [3.8, 4) is 0 Å². The first-order chi connectivity index (χ1) is 9.95. The average molecular weight is 314 g/mol. The van der Waals surface area contributed by atoms with Crippen LogP contribution in [0, 0.1) is 0 Å². The standard InChI is InChI=1S/C15H26N2O3S/c1-5-10-16-11-14-8-6-7-9-15(14)21(18,19)17(3)13(2)12-20-4/h6-9,13,16H,5,10-12H2,1-4H3. The molecule has 0 amide bonds. The van der Waals surface area contributed by atoms with E-state index in [9.17, 15) is 8.42 Å². The third-order valence-corrected chi connectivity index (χ3v) is 5.47. The highest BCUT2D eigenvalue weighted by atomic mass is 32.2. The van der Waals surface area contributed by atoms with E-state index in [1.54, 1.807) is 26.3 Å². The number of benzene rings is 1. The molecule has 1 aromatic rings. The third-order valence-electron chi connectivity index (χ3n) is 3.40. The van der Waals surface area contributed by atoms with Gasteiger partial charge in [0.15, 0.2) is 0 Å². The Kier molecular flexibility index (Phi) is 7.31.